The Labute approximate surface area is 214 Å². The summed E-state index contributed by atoms with van der Waals surface area (Å²) in [6, 6.07) is 9.58. The first kappa shape index (κ1) is 28.1. The number of hydrogen-bond acceptors (Lipinski definition) is 7. The molecule has 11 nitrogen and oxygen atoms in total. The van der Waals surface area contributed by atoms with E-state index >= 15 is 0 Å². The molecule has 0 saturated carbocycles. The third-order valence-electron chi connectivity index (χ3n) is 5.57. The summed E-state index contributed by atoms with van der Waals surface area (Å²) in [5.74, 6) is -1.75. The van der Waals surface area contributed by atoms with Crippen LogP contribution in [0.2, 0.25) is 0 Å². The number of nitrogens with one attached hydrogen (secondary N) is 1. The summed E-state index contributed by atoms with van der Waals surface area (Å²) < 4.78 is 52.9. The predicted octanol–water partition coefficient (Wildman–Crippen LogP) is 2.32. The maximum absolute atomic E-state index is 14.8. The van der Waals surface area contributed by atoms with Gasteiger partial charge < -0.3 is 19.3 Å². The van der Waals surface area contributed by atoms with Crippen molar-refractivity contribution in [1.29, 1.82) is 0 Å². The molecule has 0 radical (unpaired) electrons. The minimum atomic E-state index is -4.42. The lowest BCUT2D eigenvalue weighted by Gasteiger charge is -2.32. The Balaban J connectivity index is 1.78. The van der Waals surface area contributed by atoms with E-state index in [1.54, 1.807) is 24.3 Å². The third-order valence-corrected chi connectivity index (χ3v) is 7.41. The van der Waals surface area contributed by atoms with Gasteiger partial charge in [-0.3, -0.25) is 10.0 Å². The van der Waals surface area contributed by atoms with Gasteiger partial charge in [-0.15, -0.1) is 0 Å². The summed E-state index contributed by atoms with van der Waals surface area (Å²) in [5, 5.41) is 8.94. The van der Waals surface area contributed by atoms with E-state index in [0.29, 0.717) is 32.1 Å². The highest BCUT2D eigenvalue weighted by Crippen LogP contribution is 2.28. The van der Waals surface area contributed by atoms with Gasteiger partial charge in [0, 0.05) is 32.4 Å². The molecule has 0 spiro atoms. The molecule has 13 heteroatoms. The van der Waals surface area contributed by atoms with Crippen LogP contribution >= 0.6 is 0 Å². The number of rotatable bonds is 10. The van der Waals surface area contributed by atoms with Crippen LogP contribution in [0.25, 0.3) is 0 Å². The van der Waals surface area contributed by atoms with Gasteiger partial charge in [-0.2, -0.15) is 4.31 Å². The number of hydrogen-bond donors (Lipinski definition) is 2. The molecule has 1 heterocycles. The van der Waals surface area contributed by atoms with Gasteiger partial charge in [-0.1, -0.05) is 24.3 Å². The zero-order chi connectivity index (χ0) is 27.0. The SMILES string of the molecule is C=CN(CCN(CC(=O)NO)S(=O)(=O)c1ccc(Oc2ccc(C)cc2)c(F)c1)C(=O)N1CCOCC1. The summed E-state index contributed by atoms with van der Waals surface area (Å²) >= 11 is 0. The molecular weight excluding hydrogens is 507 g/mol. The molecule has 3 amide bonds. The lowest BCUT2D eigenvalue weighted by atomic mass is 10.2. The number of hydroxylamine groups is 1. The zero-order valence-electron chi connectivity index (χ0n) is 20.3. The second-order valence-corrected chi connectivity index (χ2v) is 10.1. The average molecular weight is 537 g/mol. The van der Waals surface area contributed by atoms with Crippen molar-refractivity contribution in [2.24, 2.45) is 0 Å². The van der Waals surface area contributed by atoms with Crippen molar-refractivity contribution >= 4 is 22.0 Å². The molecule has 1 saturated heterocycles. The molecule has 0 aliphatic carbocycles. The van der Waals surface area contributed by atoms with Crippen molar-refractivity contribution < 1.29 is 37.1 Å². The van der Waals surface area contributed by atoms with Gasteiger partial charge in [0.2, 0.25) is 10.0 Å². The van der Waals surface area contributed by atoms with Gasteiger partial charge >= 0.3 is 6.03 Å². The van der Waals surface area contributed by atoms with Crippen LogP contribution in [0.4, 0.5) is 9.18 Å². The number of carbonyl (C=O) groups excluding carboxylic acids is 2. The first-order valence-electron chi connectivity index (χ1n) is 11.4. The van der Waals surface area contributed by atoms with Crippen molar-refractivity contribution in [1.82, 2.24) is 19.6 Å². The zero-order valence-corrected chi connectivity index (χ0v) is 21.1. The van der Waals surface area contributed by atoms with Crippen LogP contribution in [-0.2, 0) is 19.6 Å². The van der Waals surface area contributed by atoms with E-state index in [0.717, 1.165) is 22.0 Å². The molecule has 200 valence electrons. The third kappa shape index (κ3) is 7.26. The molecule has 37 heavy (non-hydrogen) atoms. The second-order valence-electron chi connectivity index (χ2n) is 8.14. The molecule has 2 aromatic carbocycles. The van der Waals surface area contributed by atoms with Crippen molar-refractivity contribution in [3.63, 3.8) is 0 Å². The molecule has 0 bridgehead atoms. The number of halogens is 1. The predicted molar refractivity (Wildman–Crippen MR) is 131 cm³/mol. The van der Waals surface area contributed by atoms with Gasteiger partial charge in [0.15, 0.2) is 11.6 Å². The van der Waals surface area contributed by atoms with E-state index in [4.69, 9.17) is 14.7 Å². The molecule has 0 atom stereocenters. The van der Waals surface area contributed by atoms with E-state index in [-0.39, 0.29) is 18.8 Å². The van der Waals surface area contributed by atoms with E-state index in [1.165, 1.54) is 27.5 Å². The first-order chi connectivity index (χ1) is 17.6. The minimum absolute atomic E-state index is 0.144. The number of amides is 3. The lowest BCUT2D eigenvalue weighted by molar-refractivity contribution is -0.129. The first-order valence-corrected chi connectivity index (χ1v) is 12.8. The number of benzene rings is 2. The average Bonchev–Trinajstić information content (AvgIpc) is 2.90. The van der Waals surface area contributed by atoms with Gasteiger partial charge in [-0.25, -0.2) is 23.1 Å². The Morgan fingerprint density at radius 3 is 2.46 bits per heavy atom. The highest BCUT2D eigenvalue weighted by atomic mass is 32.2. The second kappa shape index (κ2) is 12.6. The quantitative estimate of drug-likeness (QED) is 0.352. The van der Waals surface area contributed by atoms with Crippen molar-refractivity contribution in [3.8, 4) is 11.5 Å². The summed E-state index contributed by atoms with van der Waals surface area (Å²) in [5.41, 5.74) is 2.37. The summed E-state index contributed by atoms with van der Waals surface area (Å²) in [4.78, 5) is 26.9. The van der Waals surface area contributed by atoms with Crippen molar-refractivity contribution in [2.75, 3.05) is 45.9 Å². The van der Waals surface area contributed by atoms with Crippen molar-refractivity contribution in [3.05, 3.63) is 66.6 Å². The lowest BCUT2D eigenvalue weighted by Crippen LogP contribution is -2.49. The monoisotopic (exact) mass is 536 g/mol. The Morgan fingerprint density at radius 2 is 1.86 bits per heavy atom. The number of morpholine rings is 1. The van der Waals surface area contributed by atoms with Crippen LogP contribution < -0.4 is 10.2 Å². The molecular formula is C24H29FN4O7S. The fraction of sp³-hybridized carbons (Fsp3) is 0.333. The Kier molecular flexibility index (Phi) is 9.58. The van der Waals surface area contributed by atoms with Gasteiger partial charge in [0.1, 0.15) is 5.75 Å². The largest absolute Gasteiger partial charge is 0.454 e. The van der Waals surface area contributed by atoms with Gasteiger partial charge in [0.05, 0.1) is 24.7 Å². The maximum Gasteiger partial charge on any atom is 0.324 e. The molecule has 1 aliphatic heterocycles. The summed E-state index contributed by atoms with van der Waals surface area (Å²) in [6.45, 7) is 5.75. The molecule has 1 aliphatic rings. The fourth-order valence-corrected chi connectivity index (χ4v) is 4.91. The van der Waals surface area contributed by atoms with Crippen LogP contribution in [0, 0.1) is 12.7 Å². The Morgan fingerprint density at radius 1 is 1.19 bits per heavy atom. The van der Waals surface area contributed by atoms with Crippen LogP contribution in [0.15, 0.2) is 60.1 Å². The van der Waals surface area contributed by atoms with Crippen LogP contribution in [0.5, 0.6) is 11.5 Å². The molecule has 0 unspecified atom stereocenters. The summed E-state index contributed by atoms with van der Waals surface area (Å²) in [7, 11) is -4.42. The van der Waals surface area contributed by atoms with E-state index < -0.39 is 39.2 Å². The topological polar surface area (TPSA) is 129 Å². The number of nitrogens with zero attached hydrogens (tertiary/aromatic N) is 3. The number of urea groups is 1. The Bertz CT molecular complexity index is 1220. The van der Waals surface area contributed by atoms with Crippen LogP contribution in [0.1, 0.15) is 5.56 Å². The summed E-state index contributed by atoms with van der Waals surface area (Å²) in [6.07, 6.45) is 1.26. The molecule has 0 aromatic heterocycles. The molecule has 2 N–H and O–H groups in total. The van der Waals surface area contributed by atoms with Gasteiger partial charge in [-0.05, 0) is 37.3 Å². The van der Waals surface area contributed by atoms with Crippen LogP contribution in [0.3, 0.4) is 0 Å². The smallest absolute Gasteiger partial charge is 0.324 e. The molecule has 1 fully saturated rings. The van der Waals surface area contributed by atoms with E-state index in [2.05, 4.69) is 6.58 Å². The number of carbonyl (C=O) groups is 2. The number of ether oxygens (including phenoxy) is 2. The highest BCUT2D eigenvalue weighted by molar-refractivity contribution is 7.89. The molecule has 2 aromatic rings. The van der Waals surface area contributed by atoms with Crippen LogP contribution in [-0.4, -0.2) is 85.6 Å². The minimum Gasteiger partial charge on any atom is -0.454 e. The number of sulfonamides is 1. The standard InChI is InChI=1S/C24H29FN4O7S/c1-3-27(24(31)28-12-14-35-15-13-28)10-11-29(17-23(30)26-32)37(33,34)20-8-9-22(21(25)16-20)36-19-6-4-18(2)5-7-19/h3-9,16,32H,1,10-15,17H2,2H3,(H,26,30). The molecule has 3 rings (SSSR count). The fourth-order valence-electron chi connectivity index (χ4n) is 3.51. The maximum atomic E-state index is 14.8. The van der Waals surface area contributed by atoms with Gasteiger partial charge in [0.25, 0.3) is 5.91 Å². The Hall–Kier alpha value is -3.52. The normalized spacial score (nSPS) is 13.8. The van der Waals surface area contributed by atoms with E-state index in [1.807, 2.05) is 6.92 Å². The number of aryl methyl sites for hydroxylation is 1. The van der Waals surface area contributed by atoms with Crippen molar-refractivity contribution in [2.45, 2.75) is 11.8 Å². The highest BCUT2D eigenvalue weighted by Gasteiger charge is 2.29. The van der Waals surface area contributed by atoms with E-state index in [9.17, 15) is 22.4 Å².